The predicted molar refractivity (Wildman–Crippen MR) is 69.4 cm³/mol. The minimum atomic E-state index is 0.499. The molecule has 3 rings (SSSR count). The number of hydrogen-bond acceptors (Lipinski definition) is 4. The van der Waals surface area contributed by atoms with Crippen molar-refractivity contribution < 1.29 is 0 Å². The topological polar surface area (TPSA) is 43.6 Å². The maximum Gasteiger partial charge on any atom is 0.179 e. The molecule has 0 amide bonds. The number of rotatable bonds is 1. The quantitative estimate of drug-likeness (QED) is 0.635. The molecule has 0 saturated carbocycles. The van der Waals surface area contributed by atoms with Gasteiger partial charge in [0, 0.05) is 7.05 Å². The van der Waals surface area contributed by atoms with Crippen molar-refractivity contribution in [2.75, 3.05) is 0 Å². The van der Waals surface area contributed by atoms with E-state index in [4.69, 9.17) is 11.6 Å². The first-order chi connectivity index (χ1) is 8.15. The lowest BCUT2D eigenvalue weighted by Gasteiger charge is -2.01. The Bertz CT molecular complexity index is 701. The van der Waals surface area contributed by atoms with Crippen LogP contribution in [0.1, 0.15) is 5.69 Å². The molecule has 0 fully saturated rings. The lowest BCUT2D eigenvalue weighted by molar-refractivity contribution is 0.759. The Morgan fingerprint density at radius 1 is 1.35 bits per heavy atom. The zero-order chi connectivity index (χ0) is 12.0. The van der Waals surface area contributed by atoms with E-state index in [1.165, 1.54) is 0 Å². The highest BCUT2D eigenvalue weighted by molar-refractivity contribution is 7.17. The minimum absolute atomic E-state index is 0.499. The molecular weight excluding hydrogens is 256 g/mol. The first-order valence-corrected chi connectivity index (χ1v) is 6.32. The highest BCUT2D eigenvalue weighted by atomic mass is 35.5. The summed E-state index contributed by atoms with van der Waals surface area (Å²) in [7, 11) is 1.87. The molecule has 0 aliphatic carbocycles. The van der Waals surface area contributed by atoms with Gasteiger partial charge < -0.3 is 0 Å². The van der Waals surface area contributed by atoms with Crippen LogP contribution in [0, 0.1) is 6.92 Å². The second kappa shape index (κ2) is 3.78. The van der Waals surface area contributed by atoms with Crippen molar-refractivity contribution in [2.24, 2.45) is 7.05 Å². The van der Waals surface area contributed by atoms with Gasteiger partial charge in [-0.15, -0.1) is 11.3 Å². The van der Waals surface area contributed by atoms with Crippen molar-refractivity contribution in [3.8, 4) is 11.5 Å². The third kappa shape index (κ3) is 1.71. The van der Waals surface area contributed by atoms with Gasteiger partial charge in [0.2, 0.25) is 0 Å². The normalized spacial score (nSPS) is 11.2. The van der Waals surface area contributed by atoms with E-state index in [1.807, 2.05) is 31.5 Å². The molecule has 0 aliphatic heterocycles. The van der Waals surface area contributed by atoms with Crippen LogP contribution in [0.2, 0.25) is 5.15 Å². The van der Waals surface area contributed by atoms with Crippen LogP contribution in [0.4, 0.5) is 0 Å². The molecule has 6 heteroatoms. The molecule has 4 nitrogen and oxygen atoms in total. The van der Waals surface area contributed by atoms with Crippen LogP contribution < -0.4 is 0 Å². The average Bonchev–Trinajstić information content (AvgIpc) is 2.84. The fourth-order valence-corrected chi connectivity index (χ4v) is 2.78. The fraction of sp³-hybridized carbons (Fsp3) is 0.182. The average molecular weight is 265 g/mol. The zero-order valence-electron chi connectivity index (χ0n) is 9.31. The molecule has 0 aromatic carbocycles. The van der Waals surface area contributed by atoms with Gasteiger partial charge in [-0.1, -0.05) is 11.6 Å². The van der Waals surface area contributed by atoms with Crippen LogP contribution >= 0.6 is 22.9 Å². The lowest BCUT2D eigenvalue weighted by Crippen LogP contribution is -1.98. The van der Waals surface area contributed by atoms with Gasteiger partial charge in [-0.3, -0.25) is 4.68 Å². The fourth-order valence-electron chi connectivity index (χ4n) is 1.76. The highest BCUT2D eigenvalue weighted by Crippen LogP contribution is 2.28. The molecule has 0 atom stereocenters. The summed E-state index contributed by atoms with van der Waals surface area (Å²) in [5.41, 5.74) is 2.69. The highest BCUT2D eigenvalue weighted by Gasteiger charge is 2.12. The van der Waals surface area contributed by atoms with Gasteiger partial charge in [0.05, 0.1) is 15.9 Å². The standard InChI is InChI=1S/C11H9ClN4S/c1-6-5-8(16(2)15-6)11-13-7-3-4-17-9(7)10(12)14-11/h3-5H,1-2H3. The monoisotopic (exact) mass is 264 g/mol. The van der Waals surface area contributed by atoms with Gasteiger partial charge in [0.15, 0.2) is 11.0 Å². The maximum absolute atomic E-state index is 6.14. The molecule has 3 heterocycles. The van der Waals surface area contributed by atoms with Gasteiger partial charge in [-0.2, -0.15) is 5.10 Å². The maximum atomic E-state index is 6.14. The first kappa shape index (κ1) is 10.7. The van der Waals surface area contributed by atoms with Gasteiger partial charge in [0.25, 0.3) is 0 Å². The van der Waals surface area contributed by atoms with Crippen molar-refractivity contribution >= 4 is 33.2 Å². The van der Waals surface area contributed by atoms with Gasteiger partial charge in [0.1, 0.15) is 5.69 Å². The number of thiophene rings is 1. The Balaban J connectivity index is 2.27. The molecule has 0 saturated heterocycles. The van der Waals surface area contributed by atoms with E-state index >= 15 is 0 Å². The molecule has 17 heavy (non-hydrogen) atoms. The molecule has 3 aromatic rings. The second-order valence-electron chi connectivity index (χ2n) is 3.77. The van der Waals surface area contributed by atoms with E-state index < -0.39 is 0 Å². The SMILES string of the molecule is Cc1cc(-c2nc(Cl)c3sccc3n2)n(C)n1. The third-order valence-electron chi connectivity index (χ3n) is 2.49. The zero-order valence-corrected chi connectivity index (χ0v) is 10.9. The van der Waals surface area contributed by atoms with Crippen LogP contribution in [-0.2, 0) is 7.05 Å². The number of aromatic nitrogens is 4. The Labute approximate surface area is 107 Å². The molecular formula is C11H9ClN4S. The lowest BCUT2D eigenvalue weighted by atomic mass is 10.3. The van der Waals surface area contributed by atoms with Crippen molar-refractivity contribution in [1.82, 2.24) is 19.7 Å². The Morgan fingerprint density at radius 3 is 2.88 bits per heavy atom. The van der Waals surface area contributed by atoms with E-state index in [0.717, 1.165) is 21.6 Å². The van der Waals surface area contributed by atoms with Crippen molar-refractivity contribution in [3.63, 3.8) is 0 Å². The van der Waals surface area contributed by atoms with Gasteiger partial charge in [-0.25, -0.2) is 9.97 Å². The first-order valence-electron chi connectivity index (χ1n) is 5.07. The summed E-state index contributed by atoms with van der Waals surface area (Å²) in [6.07, 6.45) is 0. The summed E-state index contributed by atoms with van der Waals surface area (Å²) in [5, 5.41) is 6.74. The second-order valence-corrected chi connectivity index (χ2v) is 5.04. The molecule has 0 N–H and O–H groups in total. The molecule has 3 aromatic heterocycles. The van der Waals surface area contributed by atoms with Crippen LogP contribution in [0.3, 0.4) is 0 Å². The van der Waals surface area contributed by atoms with E-state index in [9.17, 15) is 0 Å². The Morgan fingerprint density at radius 2 is 2.18 bits per heavy atom. The number of hydrogen-bond donors (Lipinski definition) is 0. The molecule has 0 radical (unpaired) electrons. The Kier molecular flexibility index (Phi) is 2.38. The summed E-state index contributed by atoms with van der Waals surface area (Å²) in [6, 6.07) is 3.89. The third-order valence-corrected chi connectivity index (χ3v) is 3.79. The number of halogens is 1. The van der Waals surface area contributed by atoms with E-state index in [0.29, 0.717) is 11.0 Å². The summed E-state index contributed by atoms with van der Waals surface area (Å²) in [5.74, 6) is 0.615. The van der Waals surface area contributed by atoms with Gasteiger partial charge in [-0.05, 0) is 24.4 Å². The number of aryl methyl sites for hydroxylation is 2. The molecule has 86 valence electrons. The van der Waals surface area contributed by atoms with Crippen LogP contribution in [0.5, 0.6) is 0 Å². The number of nitrogens with zero attached hydrogens (tertiary/aromatic N) is 4. The largest absolute Gasteiger partial charge is 0.264 e. The van der Waals surface area contributed by atoms with Crippen molar-refractivity contribution in [1.29, 1.82) is 0 Å². The molecule has 0 aliphatic rings. The summed E-state index contributed by atoms with van der Waals surface area (Å²) in [4.78, 5) is 8.82. The van der Waals surface area contributed by atoms with Crippen LogP contribution in [-0.4, -0.2) is 19.7 Å². The van der Waals surface area contributed by atoms with Gasteiger partial charge >= 0.3 is 0 Å². The molecule has 0 unspecified atom stereocenters. The van der Waals surface area contributed by atoms with Crippen molar-refractivity contribution in [2.45, 2.75) is 6.92 Å². The molecule has 0 bridgehead atoms. The van der Waals surface area contributed by atoms with E-state index in [2.05, 4.69) is 15.1 Å². The predicted octanol–water partition coefficient (Wildman–Crippen LogP) is 3.05. The Hall–Kier alpha value is -1.46. The summed E-state index contributed by atoms with van der Waals surface area (Å²) >= 11 is 7.69. The van der Waals surface area contributed by atoms with E-state index in [-0.39, 0.29) is 0 Å². The smallest absolute Gasteiger partial charge is 0.179 e. The van der Waals surface area contributed by atoms with Crippen LogP contribution in [0.25, 0.3) is 21.7 Å². The van der Waals surface area contributed by atoms with Crippen LogP contribution in [0.15, 0.2) is 17.5 Å². The van der Waals surface area contributed by atoms with Crippen molar-refractivity contribution in [3.05, 3.63) is 28.4 Å². The summed E-state index contributed by atoms with van der Waals surface area (Å²) < 4.78 is 2.69. The minimum Gasteiger partial charge on any atom is -0.264 e. The van der Waals surface area contributed by atoms with E-state index in [1.54, 1.807) is 16.0 Å². The molecule has 0 spiro atoms. The summed E-state index contributed by atoms with van der Waals surface area (Å²) in [6.45, 7) is 1.94. The number of fused-ring (bicyclic) bond motifs is 1.